The molecule has 0 unspecified atom stereocenters. The first-order chi connectivity index (χ1) is 39.8. The van der Waals surface area contributed by atoms with Crippen LogP contribution in [0.5, 0.6) is 0 Å². The Bertz CT molecular complexity index is 2980. The number of unbranched alkanes of at least 4 members (excludes halogenated alkanes) is 3. The summed E-state index contributed by atoms with van der Waals surface area (Å²) in [6, 6.07) is 35.2. The van der Waals surface area contributed by atoms with E-state index in [1.807, 2.05) is 77.7 Å². The highest BCUT2D eigenvalue weighted by Crippen LogP contribution is 2.52. The molecule has 0 spiro atoms. The van der Waals surface area contributed by atoms with Gasteiger partial charge in [-0.25, -0.2) is 0 Å². The van der Waals surface area contributed by atoms with Crippen LogP contribution in [0.1, 0.15) is 55.2 Å². The maximum absolute atomic E-state index is 13.3. The highest BCUT2D eigenvalue weighted by atomic mass is 79.9. The van der Waals surface area contributed by atoms with Crippen molar-refractivity contribution >= 4 is 109 Å². The summed E-state index contributed by atoms with van der Waals surface area (Å²) in [6.45, 7) is 11.6. The number of hydrogen-bond acceptors (Lipinski definition) is 10. The largest absolute Gasteiger partial charge is 0.416 e. The number of piperazine rings is 2. The number of hydrogen-bond donors (Lipinski definition) is 2. The van der Waals surface area contributed by atoms with E-state index in [1.54, 1.807) is 23.9 Å². The lowest BCUT2D eigenvalue weighted by atomic mass is 10.1. The van der Waals surface area contributed by atoms with E-state index < -0.39 is 35.2 Å². The van der Waals surface area contributed by atoms with Crippen LogP contribution < -0.4 is 20.4 Å². The van der Waals surface area contributed by atoms with Crippen molar-refractivity contribution in [2.24, 2.45) is 0 Å². The molecule has 0 aromatic heterocycles. The van der Waals surface area contributed by atoms with Crippen LogP contribution in [-0.4, -0.2) is 118 Å². The number of anilines is 6. The van der Waals surface area contributed by atoms with E-state index in [0.717, 1.165) is 160 Å². The third-order valence-corrected chi connectivity index (χ3v) is 18.4. The van der Waals surface area contributed by atoms with Gasteiger partial charge in [0.1, 0.15) is 0 Å². The van der Waals surface area contributed by atoms with E-state index >= 15 is 0 Å². The van der Waals surface area contributed by atoms with Gasteiger partial charge in [0.15, 0.2) is 0 Å². The lowest BCUT2D eigenvalue weighted by Crippen LogP contribution is -2.44. The number of nitrogens with zero attached hydrogens (tertiary/aromatic N) is 5. The van der Waals surface area contributed by atoms with E-state index in [4.69, 9.17) is 23.2 Å². The fourth-order valence-corrected chi connectivity index (χ4v) is 13.2. The predicted molar refractivity (Wildman–Crippen MR) is 331 cm³/mol. The molecule has 0 amide bonds. The Kier molecular flexibility index (Phi) is 25.8. The van der Waals surface area contributed by atoms with Gasteiger partial charge in [-0.2, -0.15) is 39.5 Å². The normalized spacial score (nSPS) is 15.7. The smallest absolute Gasteiger partial charge is 0.354 e. The molecule has 11 rings (SSSR count). The predicted octanol–water partition coefficient (Wildman–Crippen LogP) is 18.5. The minimum Gasteiger partial charge on any atom is -0.354 e. The first-order valence-corrected chi connectivity index (χ1v) is 32.2. The second kappa shape index (κ2) is 32.1. The van der Waals surface area contributed by atoms with Gasteiger partial charge >= 0.3 is 18.5 Å². The van der Waals surface area contributed by atoms with Crippen LogP contribution in [0, 0.1) is 0 Å². The summed E-state index contributed by atoms with van der Waals surface area (Å²) in [7, 11) is 4.30. The molecule has 5 aliphatic heterocycles. The topological polar surface area (TPSA) is 40.3 Å². The van der Waals surface area contributed by atoms with E-state index in [9.17, 15) is 39.5 Å². The van der Waals surface area contributed by atoms with Crippen LogP contribution in [-0.2, 0) is 18.5 Å². The Hall–Kier alpha value is -3.96. The van der Waals surface area contributed by atoms with Crippen molar-refractivity contribution in [1.29, 1.82) is 0 Å². The second-order valence-corrected chi connectivity index (χ2v) is 24.9. The molecule has 0 bridgehead atoms. The first kappa shape index (κ1) is 66.6. The molecular weight excluding hydrogens is 1250 g/mol. The fourth-order valence-electron chi connectivity index (χ4n) is 9.32. The standard InChI is InChI=1S/C22H26F3N3S.C17H15ClF3NS.C13H8F3NS.C5H12N2.C4H8BrCl/c1-26-12-14-27(15-13-26)10-4-5-11-28-18-6-2-3-7-20(18)29-21-9-8-17(16-19(21)28)22(23,24)25;18-9-3-4-10-22-13-5-1-2-6-15(13)23-16-8-7-12(11-14(16)22)17(19,20)21;14-13(15,16)8-5-6-12-10(7-8)17-9-3-1-2-4-11(9)18-12;1-7-4-2-6-3-5-7;5-3-1-2-4-6/h2-3,6-9,16H,4-5,10-15H2,1H3;1-2,5-8,11H,3-4,9-10H2;1-7,17H;6H,2-5H2,1H3;1-4H2. The molecule has 83 heavy (non-hydrogen) atoms. The molecule has 6 aromatic rings. The molecule has 2 fully saturated rings. The number of para-hydroxylation sites is 3. The summed E-state index contributed by atoms with van der Waals surface area (Å²) < 4.78 is 117. The zero-order valence-electron chi connectivity index (χ0n) is 46.3. The minimum absolute atomic E-state index is 0.508. The van der Waals surface area contributed by atoms with Gasteiger partial charge in [-0.1, -0.05) is 87.6 Å². The van der Waals surface area contributed by atoms with Crippen LogP contribution in [0.4, 0.5) is 73.6 Å². The van der Waals surface area contributed by atoms with Gasteiger partial charge in [-0.05, 0) is 150 Å². The van der Waals surface area contributed by atoms with Gasteiger partial charge in [-0.3, -0.25) is 0 Å². The maximum atomic E-state index is 13.3. The Balaban J connectivity index is 0.000000164. The van der Waals surface area contributed by atoms with E-state index in [0.29, 0.717) is 29.5 Å². The van der Waals surface area contributed by atoms with Gasteiger partial charge in [0.25, 0.3) is 0 Å². The van der Waals surface area contributed by atoms with Crippen LogP contribution >= 0.6 is 74.4 Å². The molecule has 450 valence electrons. The van der Waals surface area contributed by atoms with Crippen LogP contribution in [0.2, 0.25) is 0 Å². The van der Waals surface area contributed by atoms with Crippen molar-refractivity contribution in [3.8, 4) is 0 Å². The third kappa shape index (κ3) is 19.8. The van der Waals surface area contributed by atoms with Crippen LogP contribution in [0.15, 0.2) is 157 Å². The SMILES string of the molecule is CN1CCN(CCCCN2c3ccccc3Sc3ccc(C(F)(F)F)cc32)CC1.CN1CCNCC1.ClCCCCBr.FC(F)(F)c1ccc2c(c1)N(CCCCCl)c1ccccc1S2.FC(F)(F)c1ccc2c(c1)Nc1ccccc1S2. The quantitative estimate of drug-likeness (QED) is 0.0702. The Morgan fingerprint density at radius 2 is 0.831 bits per heavy atom. The monoisotopic (exact) mass is 1320 g/mol. The Morgan fingerprint density at radius 3 is 1.30 bits per heavy atom. The lowest BCUT2D eigenvalue weighted by Gasteiger charge is -2.34. The van der Waals surface area contributed by atoms with Crippen molar-refractivity contribution in [3.05, 3.63) is 144 Å². The number of fused-ring (bicyclic) bond motifs is 6. The summed E-state index contributed by atoms with van der Waals surface area (Å²) in [4.78, 5) is 16.9. The molecular formula is C61H69BrCl2F9N7S3. The van der Waals surface area contributed by atoms with Gasteiger partial charge in [0.2, 0.25) is 0 Å². The summed E-state index contributed by atoms with van der Waals surface area (Å²) in [5.74, 6) is 1.35. The van der Waals surface area contributed by atoms with Gasteiger partial charge in [-0.15, -0.1) is 23.2 Å². The number of alkyl halides is 12. The molecule has 5 heterocycles. The number of benzene rings is 6. The molecule has 0 atom stereocenters. The maximum Gasteiger partial charge on any atom is 0.416 e. The van der Waals surface area contributed by atoms with Gasteiger partial charge < -0.3 is 35.1 Å². The summed E-state index contributed by atoms with van der Waals surface area (Å²) >= 11 is 18.9. The highest BCUT2D eigenvalue weighted by molar-refractivity contribution is 9.09. The van der Waals surface area contributed by atoms with Crippen LogP contribution in [0.3, 0.4) is 0 Å². The second-order valence-electron chi connectivity index (χ2n) is 20.1. The molecule has 0 saturated carbocycles. The van der Waals surface area contributed by atoms with Crippen molar-refractivity contribution in [3.63, 3.8) is 0 Å². The molecule has 2 saturated heterocycles. The minimum atomic E-state index is -4.33. The average Bonchev–Trinajstić information content (AvgIpc) is 2.94. The molecule has 7 nitrogen and oxygen atoms in total. The summed E-state index contributed by atoms with van der Waals surface area (Å²) in [5, 5.41) is 7.39. The molecule has 22 heteroatoms. The Morgan fingerprint density at radius 1 is 0.434 bits per heavy atom. The zero-order valence-corrected chi connectivity index (χ0v) is 51.8. The number of rotatable bonds is 12. The number of nitrogens with one attached hydrogen (secondary N) is 2. The Labute approximate surface area is 513 Å². The lowest BCUT2D eigenvalue weighted by molar-refractivity contribution is -0.138. The molecule has 0 aliphatic carbocycles. The van der Waals surface area contributed by atoms with Crippen LogP contribution in [0.25, 0.3) is 0 Å². The van der Waals surface area contributed by atoms with E-state index in [2.05, 4.69) is 60.3 Å². The van der Waals surface area contributed by atoms with Crippen molar-refractivity contribution in [1.82, 2.24) is 20.0 Å². The third-order valence-electron chi connectivity index (χ3n) is 13.9. The average molecular weight is 1320 g/mol. The number of halogens is 12. The fraction of sp³-hybridized carbons (Fsp3) is 0.410. The summed E-state index contributed by atoms with van der Waals surface area (Å²) in [6.07, 6.45) is -6.98. The van der Waals surface area contributed by atoms with Crippen molar-refractivity contribution in [2.45, 2.75) is 86.4 Å². The van der Waals surface area contributed by atoms with Crippen molar-refractivity contribution in [2.75, 3.05) is 118 Å². The highest BCUT2D eigenvalue weighted by Gasteiger charge is 2.35. The first-order valence-electron chi connectivity index (χ1n) is 27.5. The van der Waals surface area contributed by atoms with E-state index in [-0.39, 0.29) is 0 Å². The number of likely N-dealkylation sites (N-methyl/N-ethyl adjacent to an activating group) is 2. The van der Waals surface area contributed by atoms with Gasteiger partial charge in [0, 0.05) is 112 Å². The van der Waals surface area contributed by atoms with E-state index in [1.165, 1.54) is 67.3 Å². The molecule has 6 aromatic carbocycles. The summed E-state index contributed by atoms with van der Waals surface area (Å²) in [5.41, 5.74) is 2.78. The molecule has 2 N–H and O–H groups in total. The van der Waals surface area contributed by atoms with Gasteiger partial charge in [0.05, 0.1) is 50.8 Å². The molecule has 5 aliphatic rings. The van der Waals surface area contributed by atoms with Crippen molar-refractivity contribution < 1.29 is 39.5 Å². The molecule has 0 radical (unpaired) electrons. The zero-order chi connectivity index (χ0) is 59.6.